The zero-order valence-corrected chi connectivity index (χ0v) is 16.9. The number of nitrogens with zero attached hydrogens (tertiary/aromatic N) is 4. The number of aromatic nitrogens is 3. The summed E-state index contributed by atoms with van der Waals surface area (Å²) in [4.78, 5) is 17.6. The van der Waals surface area contributed by atoms with Crippen molar-refractivity contribution in [2.45, 2.75) is 18.4 Å². The molecule has 28 heavy (non-hydrogen) atoms. The van der Waals surface area contributed by atoms with Gasteiger partial charge in [0.05, 0.1) is 21.8 Å². The quantitative estimate of drug-likeness (QED) is 0.684. The average molecular weight is 413 g/mol. The van der Waals surface area contributed by atoms with Crippen molar-refractivity contribution in [2.24, 2.45) is 5.73 Å². The van der Waals surface area contributed by atoms with Crippen LogP contribution in [-0.2, 0) is 5.54 Å². The van der Waals surface area contributed by atoms with Crippen LogP contribution in [0.15, 0.2) is 36.5 Å². The van der Waals surface area contributed by atoms with Crippen LogP contribution in [0.5, 0.6) is 0 Å². The van der Waals surface area contributed by atoms with Gasteiger partial charge in [-0.3, -0.25) is 0 Å². The lowest BCUT2D eigenvalue weighted by atomic mass is 10.1. The summed E-state index contributed by atoms with van der Waals surface area (Å²) in [6.45, 7) is 3.83. The highest BCUT2D eigenvalue weighted by molar-refractivity contribution is 7.19. The van der Waals surface area contributed by atoms with Crippen molar-refractivity contribution >= 4 is 28.1 Å². The first-order valence-electron chi connectivity index (χ1n) is 9.48. The smallest absolute Gasteiger partial charge is 0.186 e. The maximum Gasteiger partial charge on any atom is 0.186 e. The Morgan fingerprint density at radius 2 is 1.96 bits per heavy atom. The Morgan fingerprint density at radius 1 is 1.14 bits per heavy atom. The van der Waals surface area contributed by atoms with Crippen LogP contribution in [0.4, 0.5) is 5.13 Å². The summed E-state index contributed by atoms with van der Waals surface area (Å²) in [6, 6.07) is 9.77. The Hall–Kier alpha value is -2.06. The third kappa shape index (κ3) is 3.39. The molecule has 0 unspecified atom stereocenters. The molecule has 5 rings (SSSR count). The molecule has 0 spiro atoms. The SMILES string of the molecule is NC1(c2nccc(-c3sc(N4CCNCC4)nc3-c3cccc(Cl)c3)n2)CC1. The molecular formula is C20H21ClN6S. The van der Waals surface area contributed by atoms with E-state index < -0.39 is 0 Å². The summed E-state index contributed by atoms with van der Waals surface area (Å²) in [6.07, 6.45) is 3.68. The van der Waals surface area contributed by atoms with Crippen LogP contribution in [0.1, 0.15) is 18.7 Å². The molecule has 2 aliphatic rings. The first-order chi connectivity index (χ1) is 13.6. The van der Waals surface area contributed by atoms with E-state index in [-0.39, 0.29) is 5.54 Å². The molecular weight excluding hydrogens is 392 g/mol. The first kappa shape index (κ1) is 18.0. The Kier molecular flexibility index (Phi) is 4.55. The van der Waals surface area contributed by atoms with Gasteiger partial charge in [-0.1, -0.05) is 35.1 Å². The third-order valence-corrected chi connectivity index (χ3v) is 6.60. The number of hydrogen-bond acceptors (Lipinski definition) is 7. The zero-order valence-electron chi connectivity index (χ0n) is 15.4. The van der Waals surface area contributed by atoms with Gasteiger partial charge in [0.15, 0.2) is 5.13 Å². The van der Waals surface area contributed by atoms with Crippen LogP contribution in [0, 0.1) is 0 Å². The summed E-state index contributed by atoms with van der Waals surface area (Å²) >= 11 is 7.93. The predicted molar refractivity (Wildman–Crippen MR) is 114 cm³/mol. The lowest BCUT2D eigenvalue weighted by Gasteiger charge is -2.26. The number of nitrogens with one attached hydrogen (secondary N) is 1. The lowest BCUT2D eigenvalue weighted by molar-refractivity contribution is 0.588. The Balaban J connectivity index is 1.62. The molecule has 3 aromatic rings. The van der Waals surface area contributed by atoms with Crippen molar-refractivity contribution in [3.05, 3.63) is 47.4 Å². The van der Waals surface area contributed by atoms with Gasteiger partial charge in [0, 0.05) is 43.0 Å². The van der Waals surface area contributed by atoms with Gasteiger partial charge in [-0.05, 0) is 31.0 Å². The molecule has 1 saturated carbocycles. The Morgan fingerprint density at radius 3 is 2.71 bits per heavy atom. The molecule has 3 heterocycles. The molecule has 6 nitrogen and oxygen atoms in total. The molecule has 3 N–H and O–H groups in total. The van der Waals surface area contributed by atoms with Gasteiger partial charge < -0.3 is 16.0 Å². The number of thiazole rings is 1. The van der Waals surface area contributed by atoms with Crippen molar-refractivity contribution in [3.8, 4) is 21.8 Å². The maximum absolute atomic E-state index is 6.34. The van der Waals surface area contributed by atoms with Crippen LogP contribution in [-0.4, -0.2) is 41.1 Å². The second-order valence-corrected chi connectivity index (χ2v) is 8.76. The van der Waals surface area contributed by atoms with Crippen LogP contribution in [0.3, 0.4) is 0 Å². The number of halogens is 1. The Labute approximate surface area is 172 Å². The predicted octanol–water partition coefficient (Wildman–Crippen LogP) is 3.28. The van der Waals surface area contributed by atoms with Gasteiger partial charge in [0.25, 0.3) is 0 Å². The molecule has 0 atom stereocenters. The summed E-state index contributed by atoms with van der Waals surface area (Å²) in [7, 11) is 0. The summed E-state index contributed by atoms with van der Waals surface area (Å²) < 4.78 is 0. The van der Waals surface area contributed by atoms with Crippen LogP contribution < -0.4 is 16.0 Å². The highest BCUT2D eigenvalue weighted by Gasteiger charge is 2.43. The minimum absolute atomic E-state index is 0.363. The molecule has 2 fully saturated rings. The second kappa shape index (κ2) is 7.08. The summed E-state index contributed by atoms with van der Waals surface area (Å²) in [5.74, 6) is 0.721. The molecule has 0 amide bonds. The Bertz CT molecular complexity index is 1010. The van der Waals surface area contributed by atoms with E-state index in [2.05, 4.69) is 15.2 Å². The highest BCUT2D eigenvalue weighted by Crippen LogP contribution is 2.43. The molecule has 1 aliphatic carbocycles. The minimum atomic E-state index is -0.363. The number of anilines is 1. The molecule has 1 aliphatic heterocycles. The van der Waals surface area contributed by atoms with Crippen molar-refractivity contribution < 1.29 is 0 Å². The molecule has 1 saturated heterocycles. The first-order valence-corrected chi connectivity index (χ1v) is 10.7. The fraction of sp³-hybridized carbons (Fsp3) is 0.350. The van der Waals surface area contributed by atoms with Gasteiger partial charge in [0.1, 0.15) is 5.82 Å². The normalized spacial score (nSPS) is 18.3. The van der Waals surface area contributed by atoms with Gasteiger partial charge in [-0.25, -0.2) is 15.0 Å². The van der Waals surface area contributed by atoms with E-state index in [0.717, 1.165) is 71.8 Å². The molecule has 0 bridgehead atoms. The third-order valence-electron chi connectivity index (χ3n) is 5.22. The number of hydrogen-bond donors (Lipinski definition) is 2. The monoisotopic (exact) mass is 412 g/mol. The molecule has 8 heteroatoms. The largest absolute Gasteiger partial charge is 0.346 e. The average Bonchev–Trinajstić information content (AvgIpc) is 3.33. The molecule has 144 valence electrons. The maximum atomic E-state index is 6.34. The van der Waals surface area contributed by atoms with E-state index in [4.69, 9.17) is 27.3 Å². The summed E-state index contributed by atoms with van der Waals surface area (Å²) in [5.41, 5.74) is 8.75. The van der Waals surface area contributed by atoms with Crippen molar-refractivity contribution in [1.82, 2.24) is 20.3 Å². The zero-order chi connectivity index (χ0) is 19.1. The van der Waals surface area contributed by atoms with Crippen molar-refractivity contribution in [3.63, 3.8) is 0 Å². The fourth-order valence-corrected chi connectivity index (χ4v) is 4.69. The van der Waals surface area contributed by atoms with Crippen molar-refractivity contribution in [2.75, 3.05) is 31.1 Å². The number of nitrogens with two attached hydrogens (primary N) is 1. The van der Waals surface area contributed by atoms with E-state index in [1.807, 2.05) is 30.3 Å². The van der Waals surface area contributed by atoms with Gasteiger partial charge in [-0.2, -0.15) is 0 Å². The lowest BCUT2D eigenvalue weighted by Crippen LogP contribution is -2.43. The highest BCUT2D eigenvalue weighted by atomic mass is 35.5. The standard InChI is InChI=1S/C20H21ClN6S/c21-14-3-1-2-13(12-14)16-17(28-19(26-16)27-10-8-23-9-11-27)15-4-7-24-18(25-15)20(22)5-6-20/h1-4,7,12,23H,5-6,8-11,22H2. The van der Waals surface area contributed by atoms with Gasteiger partial charge >= 0.3 is 0 Å². The number of benzene rings is 1. The van der Waals surface area contributed by atoms with E-state index >= 15 is 0 Å². The van der Waals surface area contributed by atoms with E-state index in [1.54, 1.807) is 17.5 Å². The number of rotatable bonds is 4. The second-order valence-electron chi connectivity index (χ2n) is 7.34. The van der Waals surface area contributed by atoms with E-state index in [0.29, 0.717) is 5.02 Å². The number of piperazine rings is 1. The van der Waals surface area contributed by atoms with Crippen LogP contribution in [0.25, 0.3) is 21.8 Å². The van der Waals surface area contributed by atoms with Gasteiger partial charge in [0.2, 0.25) is 0 Å². The van der Waals surface area contributed by atoms with E-state index in [9.17, 15) is 0 Å². The minimum Gasteiger partial charge on any atom is -0.346 e. The molecule has 0 radical (unpaired) electrons. The van der Waals surface area contributed by atoms with Crippen molar-refractivity contribution in [1.29, 1.82) is 0 Å². The fourth-order valence-electron chi connectivity index (χ4n) is 3.39. The topological polar surface area (TPSA) is 80.0 Å². The van der Waals surface area contributed by atoms with E-state index in [1.165, 1.54) is 0 Å². The van der Waals surface area contributed by atoms with Crippen LogP contribution in [0.2, 0.25) is 5.02 Å². The van der Waals surface area contributed by atoms with Crippen LogP contribution >= 0.6 is 22.9 Å². The summed E-state index contributed by atoms with van der Waals surface area (Å²) in [5, 5.41) is 5.10. The molecule has 1 aromatic carbocycles. The molecule has 2 aromatic heterocycles. The van der Waals surface area contributed by atoms with Gasteiger partial charge in [-0.15, -0.1) is 0 Å².